The zero-order chi connectivity index (χ0) is 20.9. The Morgan fingerprint density at radius 2 is 1.83 bits per heavy atom. The van der Waals surface area contributed by atoms with Crippen LogP contribution in [-0.4, -0.2) is 40.8 Å². The van der Waals surface area contributed by atoms with Gasteiger partial charge in [0.15, 0.2) is 5.11 Å². The summed E-state index contributed by atoms with van der Waals surface area (Å²) in [6.45, 7) is 5.95. The molecular weight excluding hydrogens is 416 g/mol. The van der Waals surface area contributed by atoms with Crippen molar-refractivity contribution in [2.75, 3.05) is 34.8 Å². The molecule has 2 fully saturated rings. The van der Waals surface area contributed by atoms with Crippen LogP contribution in [0.5, 0.6) is 0 Å². The second-order valence-electron chi connectivity index (χ2n) is 8.04. The predicted octanol–water partition coefficient (Wildman–Crippen LogP) is 4.60. The second kappa shape index (κ2) is 9.79. The molecule has 0 saturated carbocycles. The molecule has 30 heavy (non-hydrogen) atoms. The highest BCUT2D eigenvalue weighted by Gasteiger charge is 2.23. The molecule has 0 bridgehead atoms. The van der Waals surface area contributed by atoms with E-state index >= 15 is 0 Å². The number of piperidine rings is 1. The molecule has 8 heteroatoms. The molecular formula is C22H29ClN6S. The minimum atomic E-state index is 0.484. The number of aromatic nitrogens is 2. The van der Waals surface area contributed by atoms with Crippen LogP contribution in [0.3, 0.4) is 0 Å². The lowest BCUT2D eigenvalue weighted by Crippen LogP contribution is -2.38. The average Bonchev–Trinajstić information content (AvgIpc) is 3.28. The van der Waals surface area contributed by atoms with Crippen LogP contribution in [0.2, 0.25) is 5.02 Å². The van der Waals surface area contributed by atoms with Gasteiger partial charge in [-0.1, -0.05) is 29.8 Å². The molecule has 1 aromatic heterocycles. The summed E-state index contributed by atoms with van der Waals surface area (Å²) in [5.74, 6) is 2.51. The molecule has 2 aliphatic rings. The number of anilines is 3. The summed E-state index contributed by atoms with van der Waals surface area (Å²) in [5.41, 5.74) is 0.998. The quantitative estimate of drug-likeness (QED) is 0.653. The largest absolute Gasteiger partial charge is 0.358 e. The average molecular weight is 445 g/mol. The first kappa shape index (κ1) is 21.1. The van der Waals surface area contributed by atoms with E-state index in [1.165, 1.54) is 32.1 Å². The minimum absolute atomic E-state index is 0.484. The monoisotopic (exact) mass is 444 g/mol. The van der Waals surface area contributed by atoms with Crippen molar-refractivity contribution in [3.8, 4) is 0 Å². The first-order valence-corrected chi connectivity index (χ1v) is 11.6. The number of nitrogens with one attached hydrogen (secondary N) is 2. The first-order valence-electron chi connectivity index (χ1n) is 10.8. The van der Waals surface area contributed by atoms with Gasteiger partial charge in [-0.05, 0) is 62.9 Å². The molecule has 2 aliphatic heterocycles. The second-order valence-corrected chi connectivity index (χ2v) is 8.85. The third-order valence-corrected chi connectivity index (χ3v) is 6.46. The summed E-state index contributed by atoms with van der Waals surface area (Å²) in [6, 6.07) is 10.4. The fourth-order valence-electron chi connectivity index (χ4n) is 4.13. The van der Waals surface area contributed by atoms with Gasteiger partial charge >= 0.3 is 0 Å². The molecule has 2 saturated heterocycles. The number of benzene rings is 1. The third kappa shape index (κ3) is 5.13. The molecule has 6 nitrogen and oxygen atoms in total. The highest BCUT2D eigenvalue weighted by Crippen LogP contribution is 2.28. The summed E-state index contributed by atoms with van der Waals surface area (Å²) < 4.78 is 0. The Morgan fingerprint density at radius 1 is 1.10 bits per heavy atom. The van der Waals surface area contributed by atoms with E-state index in [4.69, 9.17) is 33.8 Å². The van der Waals surface area contributed by atoms with Crippen LogP contribution in [0, 0.1) is 0 Å². The topological polar surface area (TPSA) is 56.3 Å². The zero-order valence-electron chi connectivity index (χ0n) is 17.4. The van der Waals surface area contributed by atoms with Crippen molar-refractivity contribution >= 4 is 46.5 Å². The van der Waals surface area contributed by atoms with Gasteiger partial charge in [-0.15, -0.1) is 0 Å². The molecule has 1 aromatic carbocycles. The molecule has 2 N–H and O–H groups in total. The van der Waals surface area contributed by atoms with Gasteiger partial charge in [0.05, 0.1) is 0 Å². The van der Waals surface area contributed by atoms with E-state index < -0.39 is 0 Å². The van der Waals surface area contributed by atoms with Gasteiger partial charge < -0.3 is 20.4 Å². The van der Waals surface area contributed by atoms with Crippen LogP contribution in [0.15, 0.2) is 30.3 Å². The number of thiocarbonyl (C=S) groups is 1. The summed E-state index contributed by atoms with van der Waals surface area (Å²) in [7, 11) is 0. The van der Waals surface area contributed by atoms with Gasteiger partial charge in [0, 0.05) is 43.3 Å². The SMILES string of the molecule is CC1CCCCN1c1cc(N2CCCC2)nc(NC(=S)NCc2ccccc2Cl)n1. The molecule has 160 valence electrons. The fraction of sp³-hybridized carbons (Fsp3) is 0.500. The van der Waals surface area contributed by atoms with E-state index in [9.17, 15) is 0 Å². The van der Waals surface area contributed by atoms with Crippen LogP contribution >= 0.6 is 23.8 Å². The highest BCUT2D eigenvalue weighted by atomic mass is 35.5. The first-order chi connectivity index (χ1) is 14.6. The van der Waals surface area contributed by atoms with Crippen LogP contribution in [0.25, 0.3) is 0 Å². The molecule has 4 rings (SSSR count). The van der Waals surface area contributed by atoms with Crippen molar-refractivity contribution in [1.29, 1.82) is 0 Å². The maximum Gasteiger partial charge on any atom is 0.232 e. The normalized spacial score (nSPS) is 19.1. The van der Waals surface area contributed by atoms with Crippen LogP contribution in [-0.2, 0) is 6.54 Å². The molecule has 0 spiro atoms. The summed E-state index contributed by atoms with van der Waals surface area (Å²) in [4.78, 5) is 14.3. The van der Waals surface area contributed by atoms with E-state index in [1.807, 2.05) is 24.3 Å². The van der Waals surface area contributed by atoms with E-state index in [1.54, 1.807) is 0 Å². The number of halogens is 1. The summed E-state index contributed by atoms with van der Waals surface area (Å²) in [6.07, 6.45) is 6.10. The van der Waals surface area contributed by atoms with Gasteiger partial charge in [-0.3, -0.25) is 0 Å². The lowest BCUT2D eigenvalue weighted by Gasteiger charge is -2.35. The number of hydrogen-bond donors (Lipinski definition) is 2. The maximum atomic E-state index is 6.24. The maximum absolute atomic E-state index is 6.24. The van der Waals surface area contributed by atoms with Crippen LogP contribution in [0.4, 0.5) is 17.6 Å². The zero-order valence-corrected chi connectivity index (χ0v) is 19.0. The Balaban J connectivity index is 1.50. The van der Waals surface area contributed by atoms with Crippen LogP contribution < -0.4 is 20.4 Å². The van der Waals surface area contributed by atoms with Gasteiger partial charge in [0.1, 0.15) is 11.6 Å². The van der Waals surface area contributed by atoms with Crippen molar-refractivity contribution in [2.45, 2.75) is 51.6 Å². The standard InChI is InChI=1S/C22H29ClN6S/c1-16-8-4-5-13-29(16)20-14-19(28-11-6-7-12-28)25-21(26-20)27-22(30)24-15-17-9-2-3-10-18(17)23/h2-3,9-10,14,16H,4-8,11-13,15H2,1H3,(H2,24,25,26,27,30). The summed E-state index contributed by atoms with van der Waals surface area (Å²) in [5, 5.41) is 7.62. The fourth-order valence-corrected chi connectivity index (χ4v) is 4.50. The molecule has 0 radical (unpaired) electrons. The lowest BCUT2D eigenvalue weighted by atomic mass is 10.0. The Labute approximate surface area is 189 Å². The number of rotatable bonds is 5. The van der Waals surface area contributed by atoms with Crippen LogP contribution in [0.1, 0.15) is 44.6 Å². The van der Waals surface area contributed by atoms with Crippen molar-refractivity contribution in [3.05, 3.63) is 40.9 Å². The van der Waals surface area contributed by atoms with Crippen molar-refractivity contribution in [3.63, 3.8) is 0 Å². The van der Waals surface area contributed by atoms with Gasteiger partial charge in [0.25, 0.3) is 0 Å². The van der Waals surface area contributed by atoms with E-state index in [2.05, 4.69) is 33.4 Å². The Kier molecular flexibility index (Phi) is 6.89. The molecule has 2 aromatic rings. The number of hydrogen-bond acceptors (Lipinski definition) is 5. The summed E-state index contributed by atoms with van der Waals surface area (Å²) >= 11 is 11.7. The van der Waals surface area contributed by atoms with Crippen molar-refractivity contribution in [1.82, 2.24) is 15.3 Å². The van der Waals surface area contributed by atoms with Crippen molar-refractivity contribution < 1.29 is 0 Å². The molecule has 1 atom stereocenters. The molecule has 3 heterocycles. The van der Waals surface area contributed by atoms with Crippen molar-refractivity contribution in [2.24, 2.45) is 0 Å². The number of nitrogens with zero attached hydrogens (tertiary/aromatic N) is 4. The Hall–Kier alpha value is -2.12. The molecule has 0 aliphatic carbocycles. The van der Waals surface area contributed by atoms with E-state index in [-0.39, 0.29) is 0 Å². The smallest absolute Gasteiger partial charge is 0.232 e. The van der Waals surface area contributed by atoms with E-state index in [0.717, 1.165) is 41.9 Å². The molecule has 1 unspecified atom stereocenters. The predicted molar refractivity (Wildman–Crippen MR) is 129 cm³/mol. The highest BCUT2D eigenvalue weighted by molar-refractivity contribution is 7.80. The van der Waals surface area contributed by atoms with Gasteiger partial charge in [-0.25, -0.2) is 0 Å². The minimum Gasteiger partial charge on any atom is -0.358 e. The van der Waals surface area contributed by atoms with Gasteiger partial charge in [-0.2, -0.15) is 9.97 Å². The van der Waals surface area contributed by atoms with E-state index in [0.29, 0.717) is 23.6 Å². The molecule has 0 amide bonds. The Morgan fingerprint density at radius 3 is 2.60 bits per heavy atom. The third-order valence-electron chi connectivity index (χ3n) is 5.85. The van der Waals surface area contributed by atoms with Gasteiger partial charge in [0.2, 0.25) is 5.95 Å². The Bertz CT molecular complexity index is 886. The lowest BCUT2D eigenvalue weighted by molar-refractivity contribution is 0.481.